The highest BCUT2D eigenvalue weighted by Crippen LogP contribution is 2.18. The standard InChI is InChI=1S/C12H11FN2O2/c13-10-3-1-9(2-4-10)11(12(16)17)7-15-6-5-14-8-15/h1-6,8,11H,7H2,(H,16,17). The summed E-state index contributed by atoms with van der Waals surface area (Å²) in [4.78, 5) is 15.0. The Bertz CT molecular complexity index is 494. The van der Waals surface area contributed by atoms with Crippen molar-refractivity contribution in [2.24, 2.45) is 0 Å². The first-order chi connectivity index (χ1) is 8.16. The van der Waals surface area contributed by atoms with Gasteiger partial charge in [0.05, 0.1) is 12.2 Å². The van der Waals surface area contributed by atoms with E-state index in [9.17, 15) is 9.18 Å². The maximum atomic E-state index is 12.8. The summed E-state index contributed by atoms with van der Waals surface area (Å²) in [6, 6.07) is 5.51. The number of carboxylic acid groups (broad SMARTS) is 1. The predicted octanol–water partition coefficient (Wildman–Crippen LogP) is 1.89. The molecule has 0 aliphatic carbocycles. The van der Waals surface area contributed by atoms with Gasteiger partial charge in [-0.2, -0.15) is 0 Å². The Hall–Kier alpha value is -2.17. The Morgan fingerprint density at radius 3 is 2.65 bits per heavy atom. The molecule has 1 aromatic heterocycles. The topological polar surface area (TPSA) is 55.1 Å². The minimum atomic E-state index is -0.940. The molecule has 4 nitrogen and oxygen atoms in total. The molecule has 1 unspecified atom stereocenters. The molecule has 17 heavy (non-hydrogen) atoms. The monoisotopic (exact) mass is 234 g/mol. The molecular weight excluding hydrogens is 223 g/mol. The molecule has 88 valence electrons. The van der Waals surface area contributed by atoms with Crippen LogP contribution in [0.5, 0.6) is 0 Å². The number of carbonyl (C=O) groups is 1. The molecule has 0 bridgehead atoms. The van der Waals surface area contributed by atoms with Crippen molar-refractivity contribution in [3.8, 4) is 0 Å². The van der Waals surface area contributed by atoms with Gasteiger partial charge in [0.1, 0.15) is 5.82 Å². The molecule has 0 saturated heterocycles. The van der Waals surface area contributed by atoms with Crippen molar-refractivity contribution in [1.29, 1.82) is 0 Å². The lowest BCUT2D eigenvalue weighted by atomic mass is 9.99. The lowest BCUT2D eigenvalue weighted by molar-refractivity contribution is -0.139. The molecule has 0 fully saturated rings. The molecule has 5 heteroatoms. The Morgan fingerprint density at radius 2 is 2.12 bits per heavy atom. The zero-order chi connectivity index (χ0) is 12.3. The van der Waals surface area contributed by atoms with Crippen molar-refractivity contribution < 1.29 is 14.3 Å². The first-order valence-corrected chi connectivity index (χ1v) is 5.11. The Kier molecular flexibility index (Phi) is 3.18. The van der Waals surface area contributed by atoms with E-state index in [1.54, 1.807) is 23.3 Å². The average Bonchev–Trinajstić information content (AvgIpc) is 2.80. The lowest BCUT2D eigenvalue weighted by Gasteiger charge is -2.13. The number of aromatic nitrogens is 2. The van der Waals surface area contributed by atoms with Gasteiger partial charge in [-0.1, -0.05) is 12.1 Å². The first kappa shape index (κ1) is 11.3. The second-order valence-electron chi connectivity index (χ2n) is 3.70. The Balaban J connectivity index is 2.23. The quantitative estimate of drug-likeness (QED) is 0.878. The summed E-state index contributed by atoms with van der Waals surface area (Å²) in [5, 5.41) is 9.17. The first-order valence-electron chi connectivity index (χ1n) is 5.11. The number of aliphatic carboxylic acids is 1. The summed E-state index contributed by atoms with van der Waals surface area (Å²) < 4.78 is 14.4. The van der Waals surface area contributed by atoms with Crippen LogP contribution in [0.3, 0.4) is 0 Å². The summed E-state index contributed by atoms with van der Waals surface area (Å²) in [6.07, 6.45) is 4.84. The van der Waals surface area contributed by atoms with Crippen LogP contribution in [0.15, 0.2) is 43.0 Å². The zero-order valence-electron chi connectivity index (χ0n) is 8.95. The summed E-state index contributed by atoms with van der Waals surface area (Å²) >= 11 is 0. The van der Waals surface area contributed by atoms with Gasteiger partial charge in [0, 0.05) is 18.9 Å². The van der Waals surface area contributed by atoms with Gasteiger partial charge in [-0.05, 0) is 17.7 Å². The van der Waals surface area contributed by atoms with E-state index in [4.69, 9.17) is 5.11 Å². The highest BCUT2D eigenvalue weighted by atomic mass is 19.1. The molecule has 2 aromatic rings. The van der Waals surface area contributed by atoms with E-state index >= 15 is 0 Å². The number of benzene rings is 1. The number of rotatable bonds is 4. The molecule has 1 atom stereocenters. The van der Waals surface area contributed by atoms with Crippen LogP contribution in [0.25, 0.3) is 0 Å². The Labute approximate surface area is 97.3 Å². The molecule has 0 radical (unpaired) electrons. The van der Waals surface area contributed by atoms with Gasteiger partial charge in [0.25, 0.3) is 0 Å². The van der Waals surface area contributed by atoms with Crippen molar-refractivity contribution in [2.45, 2.75) is 12.5 Å². The third-order valence-corrected chi connectivity index (χ3v) is 2.52. The molecule has 0 spiro atoms. The average molecular weight is 234 g/mol. The van der Waals surface area contributed by atoms with Crippen molar-refractivity contribution in [1.82, 2.24) is 9.55 Å². The molecular formula is C12H11FN2O2. The fourth-order valence-corrected chi connectivity index (χ4v) is 1.63. The van der Waals surface area contributed by atoms with Crippen LogP contribution in [0.4, 0.5) is 4.39 Å². The van der Waals surface area contributed by atoms with Crippen LogP contribution in [0.2, 0.25) is 0 Å². The molecule has 0 saturated carbocycles. The highest BCUT2D eigenvalue weighted by Gasteiger charge is 2.20. The molecule has 1 aromatic carbocycles. The molecule has 1 heterocycles. The number of carboxylic acids is 1. The van der Waals surface area contributed by atoms with E-state index in [1.807, 2.05) is 0 Å². The minimum Gasteiger partial charge on any atom is -0.481 e. The van der Waals surface area contributed by atoms with Gasteiger partial charge in [-0.15, -0.1) is 0 Å². The van der Waals surface area contributed by atoms with E-state index < -0.39 is 11.9 Å². The summed E-state index contributed by atoms with van der Waals surface area (Å²) in [6.45, 7) is 0.279. The maximum absolute atomic E-state index is 12.8. The molecule has 0 amide bonds. The lowest BCUT2D eigenvalue weighted by Crippen LogP contribution is -2.17. The number of hydrogen-bond donors (Lipinski definition) is 1. The van der Waals surface area contributed by atoms with Crippen LogP contribution >= 0.6 is 0 Å². The molecule has 0 aliphatic heterocycles. The van der Waals surface area contributed by atoms with Gasteiger partial charge in [0.15, 0.2) is 0 Å². The van der Waals surface area contributed by atoms with E-state index in [2.05, 4.69) is 4.98 Å². The van der Waals surface area contributed by atoms with Gasteiger partial charge >= 0.3 is 5.97 Å². The van der Waals surface area contributed by atoms with Gasteiger partial charge in [-0.3, -0.25) is 4.79 Å². The molecule has 0 aliphatic rings. The number of nitrogens with zero attached hydrogens (tertiary/aromatic N) is 2. The van der Waals surface area contributed by atoms with E-state index in [0.717, 1.165) is 0 Å². The van der Waals surface area contributed by atoms with Crippen LogP contribution in [-0.4, -0.2) is 20.6 Å². The highest BCUT2D eigenvalue weighted by molar-refractivity contribution is 5.75. The third-order valence-electron chi connectivity index (χ3n) is 2.52. The van der Waals surface area contributed by atoms with Crippen molar-refractivity contribution in [2.75, 3.05) is 0 Å². The van der Waals surface area contributed by atoms with Crippen molar-refractivity contribution in [3.05, 3.63) is 54.4 Å². The zero-order valence-corrected chi connectivity index (χ0v) is 8.95. The number of halogens is 1. The summed E-state index contributed by atoms with van der Waals surface area (Å²) in [5.74, 6) is -2.02. The van der Waals surface area contributed by atoms with Crippen molar-refractivity contribution in [3.63, 3.8) is 0 Å². The second-order valence-corrected chi connectivity index (χ2v) is 3.70. The fourth-order valence-electron chi connectivity index (χ4n) is 1.63. The second kappa shape index (κ2) is 4.78. The normalized spacial score (nSPS) is 12.3. The smallest absolute Gasteiger partial charge is 0.312 e. The van der Waals surface area contributed by atoms with Crippen LogP contribution in [0, 0.1) is 5.82 Å². The van der Waals surface area contributed by atoms with E-state index in [1.165, 1.54) is 24.3 Å². The fraction of sp³-hybridized carbons (Fsp3) is 0.167. The SMILES string of the molecule is O=C(O)C(Cn1ccnc1)c1ccc(F)cc1. The van der Waals surface area contributed by atoms with Gasteiger partial charge in [-0.25, -0.2) is 9.37 Å². The number of hydrogen-bond acceptors (Lipinski definition) is 2. The molecule has 1 N–H and O–H groups in total. The maximum Gasteiger partial charge on any atom is 0.312 e. The van der Waals surface area contributed by atoms with Gasteiger partial charge in [0.2, 0.25) is 0 Å². The van der Waals surface area contributed by atoms with Gasteiger partial charge < -0.3 is 9.67 Å². The number of imidazole rings is 1. The molecule has 2 rings (SSSR count). The predicted molar refractivity (Wildman–Crippen MR) is 59.0 cm³/mol. The van der Waals surface area contributed by atoms with Crippen LogP contribution in [0.1, 0.15) is 11.5 Å². The van der Waals surface area contributed by atoms with E-state index in [0.29, 0.717) is 5.56 Å². The van der Waals surface area contributed by atoms with Crippen LogP contribution in [-0.2, 0) is 11.3 Å². The third kappa shape index (κ3) is 2.69. The van der Waals surface area contributed by atoms with E-state index in [-0.39, 0.29) is 12.4 Å². The Morgan fingerprint density at radius 1 is 1.41 bits per heavy atom. The largest absolute Gasteiger partial charge is 0.481 e. The van der Waals surface area contributed by atoms with Crippen LogP contribution < -0.4 is 0 Å². The summed E-state index contributed by atoms with van der Waals surface area (Å²) in [5.41, 5.74) is 0.576. The summed E-state index contributed by atoms with van der Waals surface area (Å²) in [7, 11) is 0. The minimum absolute atomic E-state index is 0.279. The van der Waals surface area contributed by atoms with Crippen molar-refractivity contribution >= 4 is 5.97 Å².